The molecule has 3 nitrogen and oxygen atoms in total. The summed E-state index contributed by atoms with van der Waals surface area (Å²) < 4.78 is 0. The third-order valence-electron chi connectivity index (χ3n) is 2.59. The lowest BCUT2D eigenvalue weighted by atomic mass is 10.2. The number of benzene rings is 1. The predicted molar refractivity (Wildman–Crippen MR) is 81.6 cm³/mol. The van der Waals surface area contributed by atoms with Crippen LogP contribution in [0.4, 0.5) is 0 Å². The first kappa shape index (κ1) is 14.6. The van der Waals surface area contributed by atoms with E-state index in [1.807, 2.05) is 12.1 Å². The molecule has 1 aromatic heterocycles. The van der Waals surface area contributed by atoms with Crippen LogP contribution in [-0.2, 0) is 11.3 Å². The number of rotatable bonds is 4. The van der Waals surface area contributed by atoms with E-state index in [0.29, 0.717) is 16.6 Å². The van der Waals surface area contributed by atoms with Crippen LogP contribution in [-0.4, -0.2) is 10.9 Å². The van der Waals surface area contributed by atoms with E-state index in [1.54, 1.807) is 36.7 Å². The van der Waals surface area contributed by atoms with Crippen LogP contribution >= 0.6 is 23.2 Å². The number of nitrogens with one attached hydrogen (secondary N) is 1. The minimum Gasteiger partial charge on any atom is -0.348 e. The molecule has 1 aromatic carbocycles. The van der Waals surface area contributed by atoms with Crippen LogP contribution in [0.15, 0.2) is 48.8 Å². The van der Waals surface area contributed by atoms with Gasteiger partial charge >= 0.3 is 0 Å². The smallest absolute Gasteiger partial charge is 0.244 e. The Morgan fingerprint density at radius 3 is 2.65 bits per heavy atom. The summed E-state index contributed by atoms with van der Waals surface area (Å²) in [5.74, 6) is -0.187. The van der Waals surface area contributed by atoms with Gasteiger partial charge in [0.1, 0.15) is 0 Å². The van der Waals surface area contributed by atoms with E-state index in [-0.39, 0.29) is 5.91 Å². The van der Waals surface area contributed by atoms with Gasteiger partial charge in [-0.2, -0.15) is 0 Å². The molecule has 1 heterocycles. The largest absolute Gasteiger partial charge is 0.348 e. The van der Waals surface area contributed by atoms with E-state index in [0.717, 1.165) is 11.1 Å². The quantitative estimate of drug-likeness (QED) is 0.875. The zero-order chi connectivity index (χ0) is 14.4. The van der Waals surface area contributed by atoms with Crippen molar-refractivity contribution in [1.29, 1.82) is 0 Å². The maximum Gasteiger partial charge on any atom is 0.244 e. The Morgan fingerprint density at radius 2 is 1.95 bits per heavy atom. The second-order valence-corrected chi connectivity index (χ2v) is 4.92. The van der Waals surface area contributed by atoms with Gasteiger partial charge in [0.25, 0.3) is 0 Å². The second kappa shape index (κ2) is 7.08. The van der Waals surface area contributed by atoms with E-state index in [4.69, 9.17) is 23.2 Å². The van der Waals surface area contributed by atoms with Gasteiger partial charge in [-0.25, -0.2) is 0 Å². The molecule has 0 aliphatic carbocycles. The summed E-state index contributed by atoms with van der Waals surface area (Å²) in [7, 11) is 0. The highest BCUT2D eigenvalue weighted by molar-refractivity contribution is 6.35. The van der Waals surface area contributed by atoms with Gasteiger partial charge in [-0.1, -0.05) is 29.3 Å². The first-order valence-corrected chi connectivity index (χ1v) is 6.70. The van der Waals surface area contributed by atoms with Crippen molar-refractivity contribution in [3.05, 3.63) is 70.0 Å². The Kier molecular flexibility index (Phi) is 5.16. The lowest BCUT2D eigenvalue weighted by Crippen LogP contribution is -2.20. The molecular weight excluding hydrogens is 295 g/mol. The number of halogens is 2. The molecule has 2 aromatic rings. The van der Waals surface area contributed by atoms with Gasteiger partial charge < -0.3 is 5.32 Å². The van der Waals surface area contributed by atoms with Crippen molar-refractivity contribution in [3.8, 4) is 0 Å². The summed E-state index contributed by atoms with van der Waals surface area (Å²) in [6.07, 6.45) is 6.46. The van der Waals surface area contributed by atoms with E-state index in [1.165, 1.54) is 6.08 Å². The number of hydrogen-bond acceptors (Lipinski definition) is 2. The summed E-state index contributed by atoms with van der Waals surface area (Å²) in [6.45, 7) is 0.458. The fraction of sp³-hybridized carbons (Fsp3) is 0.0667. The molecule has 20 heavy (non-hydrogen) atoms. The molecule has 0 aliphatic heterocycles. The number of amides is 1. The van der Waals surface area contributed by atoms with Crippen LogP contribution in [0.3, 0.4) is 0 Å². The van der Waals surface area contributed by atoms with Gasteiger partial charge in [-0.15, -0.1) is 0 Å². The molecule has 1 amide bonds. The fourth-order valence-electron chi connectivity index (χ4n) is 1.55. The van der Waals surface area contributed by atoms with Gasteiger partial charge in [0, 0.05) is 35.1 Å². The Hall–Kier alpha value is -1.84. The van der Waals surface area contributed by atoms with Crippen LogP contribution in [0.2, 0.25) is 10.0 Å². The SMILES string of the molecule is O=C(/C=C/c1ccc(Cl)cc1Cl)NCc1ccncc1. The summed E-state index contributed by atoms with van der Waals surface area (Å²) in [5, 5.41) is 3.85. The monoisotopic (exact) mass is 306 g/mol. The van der Waals surface area contributed by atoms with Crippen LogP contribution in [0.25, 0.3) is 6.08 Å². The molecule has 2 rings (SSSR count). The van der Waals surface area contributed by atoms with Crippen LogP contribution in [0.5, 0.6) is 0 Å². The Balaban J connectivity index is 1.92. The standard InChI is InChI=1S/C15H12Cl2N2O/c16-13-3-1-12(14(17)9-13)2-4-15(20)19-10-11-5-7-18-8-6-11/h1-9H,10H2,(H,19,20)/b4-2+. The molecule has 0 saturated heterocycles. The number of pyridine rings is 1. The highest BCUT2D eigenvalue weighted by atomic mass is 35.5. The Labute approximate surface area is 127 Å². The molecular formula is C15H12Cl2N2O. The van der Waals surface area contributed by atoms with Crippen LogP contribution < -0.4 is 5.32 Å². The highest BCUT2D eigenvalue weighted by Gasteiger charge is 2.00. The molecule has 0 fully saturated rings. The molecule has 0 bridgehead atoms. The summed E-state index contributed by atoms with van der Waals surface area (Å²) in [5.41, 5.74) is 1.74. The summed E-state index contributed by atoms with van der Waals surface area (Å²) in [4.78, 5) is 15.6. The predicted octanol–water partition coefficient (Wildman–Crippen LogP) is 3.72. The van der Waals surface area contributed by atoms with Crippen molar-refractivity contribution in [3.63, 3.8) is 0 Å². The topological polar surface area (TPSA) is 42.0 Å². The lowest BCUT2D eigenvalue weighted by Gasteiger charge is -2.02. The number of carbonyl (C=O) groups is 1. The van der Waals surface area contributed by atoms with Gasteiger partial charge in [0.05, 0.1) is 0 Å². The minimum absolute atomic E-state index is 0.187. The number of nitrogens with zero attached hydrogens (tertiary/aromatic N) is 1. The maximum absolute atomic E-state index is 11.7. The molecule has 0 spiro atoms. The number of aromatic nitrogens is 1. The van der Waals surface area contributed by atoms with Crippen LogP contribution in [0.1, 0.15) is 11.1 Å². The van der Waals surface area contributed by atoms with Gasteiger partial charge in [-0.3, -0.25) is 9.78 Å². The Morgan fingerprint density at radius 1 is 1.20 bits per heavy atom. The normalized spacial score (nSPS) is 10.7. The zero-order valence-electron chi connectivity index (χ0n) is 10.5. The molecule has 0 saturated carbocycles. The maximum atomic E-state index is 11.7. The molecule has 5 heteroatoms. The number of hydrogen-bond donors (Lipinski definition) is 1. The average Bonchev–Trinajstić information content (AvgIpc) is 2.45. The van der Waals surface area contributed by atoms with E-state index >= 15 is 0 Å². The van der Waals surface area contributed by atoms with Crippen molar-refractivity contribution < 1.29 is 4.79 Å². The van der Waals surface area contributed by atoms with Crippen molar-refractivity contribution in [1.82, 2.24) is 10.3 Å². The van der Waals surface area contributed by atoms with Crippen LogP contribution in [0, 0.1) is 0 Å². The average molecular weight is 307 g/mol. The van der Waals surface area contributed by atoms with Gasteiger partial charge in [0.15, 0.2) is 0 Å². The minimum atomic E-state index is -0.187. The molecule has 0 aliphatic rings. The molecule has 102 valence electrons. The lowest BCUT2D eigenvalue weighted by molar-refractivity contribution is -0.116. The van der Waals surface area contributed by atoms with Crippen molar-refractivity contribution in [2.24, 2.45) is 0 Å². The first-order chi connectivity index (χ1) is 9.65. The summed E-state index contributed by atoms with van der Waals surface area (Å²) >= 11 is 11.8. The third kappa shape index (κ3) is 4.37. The van der Waals surface area contributed by atoms with Crippen molar-refractivity contribution in [2.45, 2.75) is 6.54 Å². The van der Waals surface area contributed by atoms with Gasteiger partial charge in [-0.05, 0) is 41.5 Å². The van der Waals surface area contributed by atoms with Crippen molar-refractivity contribution in [2.75, 3.05) is 0 Å². The summed E-state index contributed by atoms with van der Waals surface area (Å²) in [6, 6.07) is 8.82. The van der Waals surface area contributed by atoms with E-state index in [9.17, 15) is 4.79 Å². The molecule has 0 unspecified atom stereocenters. The number of carbonyl (C=O) groups excluding carboxylic acids is 1. The highest BCUT2D eigenvalue weighted by Crippen LogP contribution is 2.21. The third-order valence-corrected chi connectivity index (χ3v) is 3.16. The first-order valence-electron chi connectivity index (χ1n) is 5.95. The fourth-order valence-corrected chi connectivity index (χ4v) is 2.02. The molecule has 1 N–H and O–H groups in total. The zero-order valence-corrected chi connectivity index (χ0v) is 12.0. The molecule has 0 atom stereocenters. The van der Waals surface area contributed by atoms with Gasteiger partial charge in [0.2, 0.25) is 5.91 Å². The van der Waals surface area contributed by atoms with E-state index in [2.05, 4.69) is 10.3 Å². The van der Waals surface area contributed by atoms with E-state index < -0.39 is 0 Å². The Bertz CT molecular complexity index is 627. The van der Waals surface area contributed by atoms with Crippen molar-refractivity contribution >= 4 is 35.2 Å². The molecule has 0 radical (unpaired) electrons. The second-order valence-electron chi connectivity index (χ2n) is 4.07.